The van der Waals surface area contributed by atoms with Crippen LogP contribution in [0.1, 0.15) is 38.1 Å². The van der Waals surface area contributed by atoms with Gasteiger partial charge in [0.05, 0.1) is 18.7 Å². The number of halogens is 1. The van der Waals surface area contributed by atoms with E-state index in [1.165, 1.54) is 5.56 Å². The van der Waals surface area contributed by atoms with Crippen molar-refractivity contribution in [2.75, 3.05) is 13.2 Å². The second-order valence-corrected chi connectivity index (χ2v) is 6.86. The molecule has 2 N–H and O–H groups in total. The molecule has 0 aliphatic carbocycles. The van der Waals surface area contributed by atoms with Crippen molar-refractivity contribution in [2.24, 2.45) is 4.99 Å². The van der Waals surface area contributed by atoms with E-state index >= 15 is 0 Å². The Hall–Kier alpha value is -1.68. The SMILES string of the molecule is CCc1nncn1CCNC(=NCc1ccccc1)NC(C)C1CCCO1.I. The van der Waals surface area contributed by atoms with Crippen molar-refractivity contribution in [2.45, 2.75) is 58.3 Å². The van der Waals surface area contributed by atoms with Crippen molar-refractivity contribution in [3.8, 4) is 0 Å². The van der Waals surface area contributed by atoms with Crippen molar-refractivity contribution < 1.29 is 4.74 Å². The molecule has 0 spiro atoms. The minimum atomic E-state index is 0. The minimum absolute atomic E-state index is 0. The van der Waals surface area contributed by atoms with Crippen LogP contribution in [0.2, 0.25) is 0 Å². The molecule has 2 heterocycles. The highest BCUT2D eigenvalue weighted by molar-refractivity contribution is 14.0. The monoisotopic (exact) mass is 498 g/mol. The standard InChI is InChI=1S/C20H30N6O.HI/c1-3-19-25-23-15-26(19)12-11-21-20(22-14-17-8-5-4-6-9-17)24-16(2)18-10-7-13-27-18;/h4-6,8-9,15-16,18H,3,7,10-14H2,1-2H3,(H2,21,22,24);1H. The van der Waals surface area contributed by atoms with Crippen LogP contribution >= 0.6 is 24.0 Å². The second-order valence-electron chi connectivity index (χ2n) is 6.86. The van der Waals surface area contributed by atoms with Crippen molar-refractivity contribution in [1.29, 1.82) is 0 Å². The lowest BCUT2D eigenvalue weighted by atomic mass is 10.1. The smallest absolute Gasteiger partial charge is 0.191 e. The average molecular weight is 498 g/mol. The number of guanidine groups is 1. The van der Waals surface area contributed by atoms with Crippen LogP contribution in [0.3, 0.4) is 0 Å². The third-order valence-corrected chi connectivity index (χ3v) is 4.81. The van der Waals surface area contributed by atoms with Gasteiger partial charge >= 0.3 is 0 Å². The van der Waals surface area contributed by atoms with Gasteiger partial charge in [0.25, 0.3) is 0 Å². The summed E-state index contributed by atoms with van der Waals surface area (Å²) >= 11 is 0. The Kier molecular flexibility index (Phi) is 9.69. The quantitative estimate of drug-likeness (QED) is 0.333. The number of hydrogen-bond donors (Lipinski definition) is 2. The molecule has 1 saturated heterocycles. The fourth-order valence-corrected chi connectivity index (χ4v) is 3.25. The molecule has 3 rings (SSSR count). The number of aromatic nitrogens is 3. The van der Waals surface area contributed by atoms with Crippen LogP contribution in [0.15, 0.2) is 41.7 Å². The lowest BCUT2D eigenvalue weighted by molar-refractivity contribution is 0.0890. The van der Waals surface area contributed by atoms with Crippen molar-refractivity contribution >= 4 is 29.9 Å². The van der Waals surface area contributed by atoms with E-state index in [1.54, 1.807) is 6.33 Å². The number of benzene rings is 1. The molecule has 1 fully saturated rings. The first-order valence-corrected chi connectivity index (χ1v) is 9.83. The Morgan fingerprint density at radius 3 is 2.89 bits per heavy atom. The van der Waals surface area contributed by atoms with E-state index in [1.807, 2.05) is 18.2 Å². The van der Waals surface area contributed by atoms with Gasteiger partial charge in [0.1, 0.15) is 12.2 Å². The van der Waals surface area contributed by atoms with Gasteiger partial charge in [-0.25, -0.2) is 4.99 Å². The number of nitrogens with zero attached hydrogens (tertiary/aromatic N) is 4. The van der Waals surface area contributed by atoms with Gasteiger partial charge in [0.15, 0.2) is 5.96 Å². The van der Waals surface area contributed by atoms with E-state index in [0.717, 1.165) is 50.7 Å². The van der Waals surface area contributed by atoms with Crippen molar-refractivity contribution in [3.05, 3.63) is 48.0 Å². The molecule has 1 aliphatic rings. The molecule has 7 nitrogen and oxygen atoms in total. The molecular weight excluding hydrogens is 467 g/mol. The van der Waals surface area contributed by atoms with Crippen molar-refractivity contribution in [1.82, 2.24) is 25.4 Å². The molecule has 2 atom stereocenters. The Bertz CT molecular complexity index is 714. The van der Waals surface area contributed by atoms with E-state index in [9.17, 15) is 0 Å². The second kappa shape index (κ2) is 12.0. The maximum Gasteiger partial charge on any atom is 0.191 e. The number of aliphatic imine (C=N–C) groups is 1. The molecule has 2 unspecified atom stereocenters. The third kappa shape index (κ3) is 6.73. The maximum atomic E-state index is 5.81. The largest absolute Gasteiger partial charge is 0.376 e. The molecule has 154 valence electrons. The van der Waals surface area contributed by atoms with Crippen LogP contribution < -0.4 is 10.6 Å². The number of ether oxygens (including phenoxy) is 1. The number of nitrogens with one attached hydrogen (secondary N) is 2. The first kappa shape index (κ1) is 22.6. The summed E-state index contributed by atoms with van der Waals surface area (Å²) in [6.07, 6.45) is 5.14. The summed E-state index contributed by atoms with van der Waals surface area (Å²) in [5.41, 5.74) is 1.19. The van der Waals surface area contributed by atoms with Gasteiger partial charge in [-0.15, -0.1) is 34.2 Å². The average Bonchev–Trinajstić information content (AvgIpc) is 3.38. The van der Waals surface area contributed by atoms with Gasteiger partial charge in [0, 0.05) is 26.1 Å². The predicted molar refractivity (Wildman–Crippen MR) is 122 cm³/mol. The molecule has 1 aromatic heterocycles. The highest BCUT2D eigenvalue weighted by atomic mass is 127. The van der Waals surface area contributed by atoms with Gasteiger partial charge in [-0.1, -0.05) is 37.3 Å². The number of rotatable bonds is 8. The molecule has 0 saturated carbocycles. The first-order chi connectivity index (χ1) is 13.3. The summed E-state index contributed by atoms with van der Waals surface area (Å²) in [6, 6.07) is 10.5. The molecule has 1 aliphatic heterocycles. The van der Waals surface area contributed by atoms with E-state index in [4.69, 9.17) is 9.73 Å². The Balaban J connectivity index is 0.00000280. The normalized spacial score (nSPS) is 17.8. The van der Waals surface area contributed by atoms with Crippen molar-refractivity contribution in [3.63, 3.8) is 0 Å². The third-order valence-electron chi connectivity index (χ3n) is 4.81. The highest BCUT2D eigenvalue weighted by Gasteiger charge is 2.23. The van der Waals surface area contributed by atoms with E-state index in [2.05, 4.69) is 51.4 Å². The summed E-state index contributed by atoms with van der Waals surface area (Å²) in [7, 11) is 0. The molecule has 2 aromatic rings. The van der Waals surface area contributed by atoms with E-state index in [0.29, 0.717) is 6.54 Å². The Morgan fingerprint density at radius 2 is 2.18 bits per heavy atom. The summed E-state index contributed by atoms with van der Waals surface area (Å²) in [6.45, 7) is 7.30. The summed E-state index contributed by atoms with van der Waals surface area (Å²) in [5, 5.41) is 15.1. The fourth-order valence-electron chi connectivity index (χ4n) is 3.25. The van der Waals surface area contributed by atoms with Crippen LogP contribution in [0.4, 0.5) is 0 Å². The molecule has 8 heteroatoms. The lowest BCUT2D eigenvalue weighted by Gasteiger charge is -2.23. The Labute approximate surface area is 184 Å². The van der Waals surface area contributed by atoms with Gasteiger partial charge in [0.2, 0.25) is 0 Å². The molecule has 0 radical (unpaired) electrons. The Morgan fingerprint density at radius 1 is 1.36 bits per heavy atom. The zero-order chi connectivity index (χ0) is 18.9. The predicted octanol–water partition coefficient (Wildman–Crippen LogP) is 2.76. The number of hydrogen-bond acceptors (Lipinski definition) is 4. The molecule has 28 heavy (non-hydrogen) atoms. The van der Waals surface area contributed by atoms with E-state index in [-0.39, 0.29) is 36.1 Å². The lowest BCUT2D eigenvalue weighted by Crippen LogP contribution is -2.47. The number of aryl methyl sites for hydroxylation is 1. The first-order valence-electron chi connectivity index (χ1n) is 9.83. The van der Waals surface area contributed by atoms with Gasteiger partial charge < -0.3 is 19.9 Å². The van der Waals surface area contributed by atoms with Gasteiger partial charge in [-0.2, -0.15) is 0 Å². The highest BCUT2D eigenvalue weighted by Crippen LogP contribution is 2.15. The van der Waals surface area contributed by atoms with Crippen LogP contribution in [0, 0.1) is 0 Å². The zero-order valence-electron chi connectivity index (χ0n) is 16.7. The zero-order valence-corrected chi connectivity index (χ0v) is 19.0. The maximum absolute atomic E-state index is 5.81. The van der Waals surface area contributed by atoms with Crippen LogP contribution in [-0.2, 0) is 24.2 Å². The van der Waals surface area contributed by atoms with Crippen LogP contribution in [0.5, 0.6) is 0 Å². The van der Waals surface area contributed by atoms with Crippen LogP contribution in [0.25, 0.3) is 0 Å². The summed E-state index contributed by atoms with van der Waals surface area (Å²) < 4.78 is 7.88. The molecule has 1 aromatic carbocycles. The van der Waals surface area contributed by atoms with Crippen LogP contribution in [-0.4, -0.2) is 46.0 Å². The molecular formula is C20H31IN6O. The van der Waals surface area contributed by atoms with Gasteiger partial charge in [-0.05, 0) is 25.3 Å². The van der Waals surface area contributed by atoms with E-state index < -0.39 is 0 Å². The molecule has 0 amide bonds. The summed E-state index contributed by atoms with van der Waals surface area (Å²) in [4.78, 5) is 4.77. The topological polar surface area (TPSA) is 76.4 Å². The molecule has 0 bridgehead atoms. The fraction of sp³-hybridized carbons (Fsp3) is 0.550. The summed E-state index contributed by atoms with van der Waals surface area (Å²) in [5.74, 6) is 1.81. The van der Waals surface area contributed by atoms with Gasteiger partial charge in [-0.3, -0.25) is 0 Å². The minimum Gasteiger partial charge on any atom is -0.376 e.